The van der Waals surface area contributed by atoms with E-state index < -0.39 is 5.41 Å². The van der Waals surface area contributed by atoms with E-state index in [9.17, 15) is 0 Å². The highest BCUT2D eigenvalue weighted by Gasteiger charge is 2.19. The second-order valence-corrected chi connectivity index (χ2v) is 4.76. The fraction of sp³-hybridized carbons (Fsp3) is 0.200. The maximum atomic E-state index is 9.09. The van der Waals surface area contributed by atoms with Gasteiger partial charge in [-0.3, -0.25) is 0 Å². The first-order valence-electron chi connectivity index (χ1n) is 5.77. The predicted octanol–water partition coefficient (Wildman–Crippen LogP) is 3.13. The molecule has 0 saturated carbocycles. The van der Waals surface area contributed by atoms with E-state index in [1.54, 1.807) is 6.07 Å². The molecule has 1 aromatic heterocycles. The van der Waals surface area contributed by atoms with E-state index in [-0.39, 0.29) is 0 Å². The minimum absolute atomic E-state index is 0.471. The Morgan fingerprint density at radius 3 is 2.33 bits per heavy atom. The number of hydrogen-bond acceptors (Lipinski definition) is 3. The highest BCUT2D eigenvalue weighted by atomic mass is 14.8. The molecular formula is C15H15N3. The Labute approximate surface area is 107 Å². The van der Waals surface area contributed by atoms with Gasteiger partial charge in [0.1, 0.15) is 5.82 Å². The number of rotatable bonds is 2. The largest absolute Gasteiger partial charge is 0.384 e. The summed E-state index contributed by atoms with van der Waals surface area (Å²) in [6.07, 6.45) is 0. The predicted molar refractivity (Wildman–Crippen MR) is 72.7 cm³/mol. The van der Waals surface area contributed by atoms with E-state index in [0.29, 0.717) is 5.82 Å². The van der Waals surface area contributed by atoms with Crippen LogP contribution in [-0.2, 0) is 5.41 Å². The van der Waals surface area contributed by atoms with Gasteiger partial charge in [0.15, 0.2) is 0 Å². The van der Waals surface area contributed by atoms with E-state index in [0.717, 1.165) is 16.8 Å². The fourth-order valence-electron chi connectivity index (χ4n) is 1.73. The van der Waals surface area contributed by atoms with E-state index in [4.69, 9.17) is 11.0 Å². The Morgan fingerprint density at radius 2 is 1.78 bits per heavy atom. The lowest BCUT2D eigenvalue weighted by Crippen LogP contribution is -2.13. The van der Waals surface area contributed by atoms with Crippen molar-refractivity contribution in [2.24, 2.45) is 0 Å². The summed E-state index contributed by atoms with van der Waals surface area (Å²) in [7, 11) is 0. The molecule has 0 amide bonds. The number of benzene rings is 1. The average Bonchev–Trinajstić information content (AvgIpc) is 2.39. The first-order chi connectivity index (χ1) is 8.53. The molecule has 3 nitrogen and oxygen atoms in total. The van der Waals surface area contributed by atoms with Gasteiger partial charge < -0.3 is 5.73 Å². The molecule has 0 aliphatic rings. The second-order valence-electron chi connectivity index (χ2n) is 4.76. The molecule has 2 rings (SSSR count). The van der Waals surface area contributed by atoms with Gasteiger partial charge in [-0.2, -0.15) is 5.26 Å². The van der Waals surface area contributed by atoms with Crippen molar-refractivity contribution in [2.45, 2.75) is 19.3 Å². The quantitative estimate of drug-likeness (QED) is 0.872. The summed E-state index contributed by atoms with van der Waals surface area (Å²) in [4.78, 5) is 4.27. The van der Waals surface area contributed by atoms with Crippen LogP contribution in [-0.4, -0.2) is 4.98 Å². The minimum atomic E-state index is -0.471. The third-order valence-electron chi connectivity index (χ3n) is 2.95. The minimum Gasteiger partial charge on any atom is -0.384 e. The molecular weight excluding hydrogens is 222 g/mol. The molecule has 0 aliphatic heterocycles. The topological polar surface area (TPSA) is 62.7 Å². The third-order valence-corrected chi connectivity index (χ3v) is 2.95. The molecule has 2 aromatic rings. The van der Waals surface area contributed by atoms with E-state index in [1.165, 1.54) is 0 Å². The molecule has 0 spiro atoms. The summed E-state index contributed by atoms with van der Waals surface area (Å²) in [5, 5.41) is 9.09. The lowest BCUT2D eigenvalue weighted by atomic mass is 9.86. The normalized spacial score (nSPS) is 10.9. The highest BCUT2D eigenvalue weighted by Crippen LogP contribution is 2.25. The van der Waals surface area contributed by atoms with Crippen molar-refractivity contribution in [1.82, 2.24) is 4.98 Å². The number of hydrogen-bond donors (Lipinski definition) is 1. The van der Waals surface area contributed by atoms with Crippen molar-refractivity contribution in [2.75, 3.05) is 5.73 Å². The summed E-state index contributed by atoms with van der Waals surface area (Å²) in [5.41, 5.74) is 8.03. The lowest BCUT2D eigenvalue weighted by molar-refractivity contribution is 0.687. The zero-order valence-electron chi connectivity index (χ0n) is 10.5. The van der Waals surface area contributed by atoms with Crippen LogP contribution in [0.2, 0.25) is 0 Å². The number of nitriles is 1. The monoisotopic (exact) mass is 237 g/mol. The summed E-state index contributed by atoms with van der Waals surface area (Å²) in [6.45, 7) is 3.81. The molecule has 18 heavy (non-hydrogen) atoms. The third kappa shape index (κ3) is 2.33. The van der Waals surface area contributed by atoms with Crippen LogP contribution in [0.4, 0.5) is 5.82 Å². The maximum Gasteiger partial charge on any atom is 0.124 e. The van der Waals surface area contributed by atoms with Gasteiger partial charge in [-0.1, -0.05) is 30.3 Å². The van der Waals surface area contributed by atoms with Crippen LogP contribution in [0, 0.1) is 11.3 Å². The van der Waals surface area contributed by atoms with Crippen LogP contribution in [0.15, 0.2) is 42.5 Å². The van der Waals surface area contributed by atoms with Crippen LogP contribution < -0.4 is 5.73 Å². The Balaban J connectivity index is 2.37. The van der Waals surface area contributed by atoms with E-state index >= 15 is 0 Å². The zero-order valence-corrected chi connectivity index (χ0v) is 10.5. The summed E-state index contributed by atoms with van der Waals surface area (Å²) >= 11 is 0. The molecule has 1 aromatic carbocycles. The summed E-state index contributed by atoms with van der Waals surface area (Å²) < 4.78 is 0. The standard InChI is InChI=1S/C15H15N3/c1-15(2,10-16)12-8-6-11(7-9-12)13-4-3-5-14(17)18-13/h3-9H,1-2H3,(H2,17,18). The van der Waals surface area contributed by atoms with Crippen molar-refractivity contribution in [3.05, 3.63) is 48.0 Å². The van der Waals surface area contributed by atoms with Crippen LogP contribution in [0.1, 0.15) is 19.4 Å². The van der Waals surface area contributed by atoms with E-state index in [1.807, 2.05) is 50.2 Å². The molecule has 0 aliphatic carbocycles. The number of aromatic nitrogens is 1. The molecule has 0 radical (unpaired) electrons. The van der Waals surface area contributed by atoms with E-state index in [2.05, 4.69) is 11.1 Å². The van der Waals surface area contributed by atoms with Crippen molar-refractivity contribution in [3.63, 3.8) is 0 Å². The maximum absolute atomic E-state index is 9.09. The van der Waals surface area contributed by atoms with Crippen LogP contribution in [0.3, 0.4) is 0 Å². The highest BCUT2D eigenvalue weighted by molar-refractivity contribution is 5.61. The number of nitrogens with two attached hydrogens (primary N) is 1. The first kappa shape index (κ1) is 12.1. The van der Waals surface area contributed by atoms with Crippen molar-refractivity contribution >= 4 is 5.82 Å². The van der Waals surface area contributed by atoms with Crippen molar-refractivity contribution in [3.8, 4) is 17.3 Å². The first-order valence-corrected chi connectivity index (χ1v) is 5.77. The van der Waals surface area contributed by atoms with Gasteiger partial charge in [-0.15, -0.1) is 0 Å². The fourth-order valence-corrected chi connectivity index (χ4v) is 1.73. The number of nitrogens with zero attached hydrogens (tertiary/aromatic N) is 2. The van der Waals surface area contributed by atoms with Gasteiger partial charge in [-0.25, -0.2) is 4.98 Å². The zero-order chi connectivity index (χ0) is 13.2. The smallest absolute Gasteiger partial charge is 0.124 e. The number of nitrogen functional groups attached to an aromatic ring is 1. The molecule has 0 fully saturated rings. The Kier molecular flexibility index (Phi) is 3.03. The molecule has 0 bridgehead atoms. The molecule has 3 heteroatoms. The number of pyridine rings is 1. The van der Waals surface area contributed by atoms with Gasteiger partial charge in [0.25, 0.3) is 0 Å². The SMILES string of the molecule is CC(C)(C#N)c1ccc(-c2cccc(N)n2)cc1. The Bertz CT molecular complexity index is 592. The lowest BCUT2D eigenvalue weighted by Gasteiger charge is -2.15. The van der Waals surface area contributed by atoms with Crippen molar-refractivity contribution < 1.29 is 0 Å². The van der Waals surface area contributed by atoms with Gasteiger partial charge in [0, 0.05) is 5.56 Å². The van der Waals surface area contributed by atoms with Gasteiger partial charge in [-0.05, 0) is 31.5 Å². The van der Waals surface area contributed by atoms with Crippen LogP contribution in [0.5, 0.6) is 0 Å². The summed E-state index contributed by atoms with van der Waals surface area (Å²) in [5.74, 6) is 0.508. The summed E-state index contributed by atoms with van der Waals surface area (Å²) in [6, 6.07) is 15.7. The molecule has 0 unspecified atom stereocenters. The van der Waals surface area contributed by atoms with Gasteiger partial charge in [0.2, 0.25) is 0 Å². The van der Waals surface area contributed by atoms with Crippen molar-refractivity contribution in [1.29, 1.82) is 5.26 Å². The Morgan fingerprint density at radius 1 is 1.11 bits per heavy atom. The van der Waals surface area contributed by atoms with Crippen LogP contribution in [0.25, 0.3) is 11.3 Å². The molecule has 0 atom stereocenters. The second kappa shape index (κ2) is 4.50. The molecule has 2 N–H and O–H groups in total. The van der Waals surface area contributed by atoms with Gasteiger partial charge in [0.05, 0.1) is 17.2 Å². The van der Waals surface area contributed by atoms with Gasteiger partial charge >= 0.3 is 0 Å². The molecule has 0 saturated heterocycles. The van der Waals surface area contributed by atoms with Crippen LogP contribution >= 0.6 is 0 Å². The number of anilines is 1. The molecule has 1 heterocycles. The Hall–Kier alpha value is -2.34. The molecule has 90 valence electrons. The average molecular weight is 237 g/mol.